The fourth-order valence-electron chi connectivity index (χ4n) is 2.24. The highest BCUT2D eigenvalue weighted by atomic mass is 79.9. The van der Waals surface area contributed by atoms with Crippen LogP contribution in [0.5, 0.6) is 0 Å². The molecule has 7 heteroatoms. The van der Waals surface area contributed by atoms with E-state index in [1.54, 1.807) is 13.1 Å². The summed E-state index contributed by atoms with van der Waals surface area (Å²) >= 11 is 3.38. The van der Waals surface area contributed by atoms with Gasteiger partial charge in [0.05, 0.1) is 5.39 Å². The maximum atomic E-state index is 12.3. The molecule has 6 nitrogen and oxygen atoms in total. The van der Waals surface area contributed by atoms with Crippen molar-refractivity contribution in [3.8, 4) is 11.1 Å². The molecule has 4 N–H and O–H groups in total. The van der Waals surface area contributed by atoms with Gasteiger partial charge in [-0.1, -0.05) is 28.1 Å². The molecule has 0 spiro atoms. The number of hydrogen-bond donors (Lipinski definition) is 3. The van der Waals surface area contributed by atoms with Crippen LogP contribution in [0.3, 0.4) is 0 Å². The van der Waals surface area contributed by atoms with Crippen molar-refractivity contribution in [3.05, 3.63) is 50.6 Å². The minimum absolute atomic E-state index is 0.0375. The van der Waals surface area contributed by atoms with Crippen molar-refractivity contribution in [1.82, 2.24) is 14.5 Å². The molecule has 0 aliphatic rings. The van der Waals surface area contributed by atoms with Crippen LogP contribution in [0, 0.1) is 5.41 Å². The summed E-state index contributed by atoms with van der Waals surface area (Å²) in [5, 5.41) is 8.46. The van der Waals surface area contributed by atoms with Crippen LogP contribution in [0.1, 0.15) is 0 Å². The molecule has 0 aliphatic carbocycles. The molecule has 2 heterocycles. The van der Waals surface area contributed by atoms with Crippen LogP contribution in [-0.2, 0) is 7.05 Å². The number of aromatic amines is 1. The Hall–Kier alpha value is -2.41. The van der Waals surface area contributed by atoms with E-state index in [-0.39, 0.29) is 17.0 Å². The number of halogens is 1. The molecule has 2 aromatic heterocycles. The van der Waals surface area contributed by atoms with Crippen molar-refractivity contribution >= 4 is 32.9 Å². The summed E-state index contributed by atoms with van der Waals surface area (Å²) in [6.45, 7) is 0. The van der Waals surface area contributed by atoms with Crippen LogP contribution < -0.4 is 16.8 Å². The smallest absolute Gasteiger partial charge is 0.262 e. The quantitative estimate of drug-likeness (QED) is 0.626. The number of aromatic nitrogens is 3. The molecule has 0 radical (unpaired) electrons. The zero-order valence-electron chi connectivity index (χ0n) is 11.1. The SMILES string of the molecule is Cn1c(=N)cc(-c2ccc(Br)cc2)c2c(=O)[nH]c(N)nc21. The molecule has 1 aromatic carbocycles. The number of anilines is 1. The Morgan fingerprint density at radius 2 is 2.00 bits per heavy atom. The molecule has 0 aliphatic heterocycles. The fourth-order valence-corrected chi connectivity index (χ4v) is 2.51. The maximum absolute atomic E-state index is 12.3. The van der Waals surface area contributed by atoms with Gasteiger partial charge < -0.3 is 10.3 Å². The van der Waals surface area contributed by atoms with Crippen LogP contribution in [0.15, 0.2) is 39.6 Å². The van der Waals surface area contributed by atoms with Gasteiger partial charge in [-0.3, -0.25) is 15.2 Å². The molecule has 0 atom stereocenters. The molecule has 0 unspecified atom stereocenters. The van der Waals surface area contributed by atoms with Crippen LogP contribution in [-0.4, -0.2) is 14.5 Å². The lowest BCUT2D eigenvalue weighted by Gasteiger charge is -2.10. The van der Waals surface area contributed by atoms with E-state index in [2.05, 4.69) is 25.9 Å². The summed E-state index contributed by atoms with van der Waals surface area (Å²) in [5.41, 5.74) is 7.43. The highest BCUT2D eigenvalue weighted by Crippen LogP contribution is 2.25. The molecule has 3 rings (SSSR count). The van der Waals surface area contributed by atoms with Gasteiger partial charge in [0.2, 0.25) is 5.95 Å². The number of hydrogen-bond acceptors (Lipinski definition) is 4. The number of nitrogens with one attached hydrogen (secondary N) is 2. The Kier molecular flexibility index (Phi) is 3.13. The number of nitrogens with two attached hydrogens (primary N) is 1. The van der Waals surface area contributed by atoms with Crippen LogP contribution in [0.2, 0.25) is 0 Å². The fraction of sp³-hybridized carbons (Fsp3) is 0.0714. The summed E-state index contributed by atoms with van der Waals surface area (Å²) in [6.07, 6.45) is 0. The molecule has 21 heavy (non-hydrogen) atoms. The van der Waals surface area contributed by atoms with E-state index < -0.39 is 0 Å². The van der Waals surface area contributed by atoms with E-state index in [4.69, 9.17) is 11.1 Å². The number of aryl methyl sites for hydroxylation is 1. The molecular formula is C14H12BrN5O. The van der Waals surface area contributed by atoms with Crippen molar-refractivity contribution in [2.45, 2.75) is 0 Å². The summed E-state index contributed by atoms with van der Waals surface area (Å²) in [4.78, 5) is 18.9. The van der Waals surface area contributed by atoms with Crippen molar-refractivity contribution in [2.24, 2.45) is 7.05 Å². The lowest BCUT2D eigenvalue weighted by Crippen LogP contribution is -2.22. The first kappa shape index (κ1) is 13.6. The summed E-state index contributed by atoms with van der Waals surface area (Å²) < 4.78 is 2.47. The van der Waals surface area contributed by atoms with Gasteiger partial charge in [-0.15, -0.1) is 0 Å². The monoisotopic (exact) mass is 345 g/mol. The third-order valence-electron chi connectivity index (χ3n) is 3.30. The minimum Gasteiger partial charge on any atom is -0.369 e. The number of fused-ring (bicyclic) bond motifs is 1. The van der Waals surface area contributed by atoms with Crippen molar-refractivity contribution in [2.75, 3.05) is 5.73 Å². The van der Waals surface area contributed by atoms with Gasteiger partial charge >= 0.3 is 0 Å². The van der Waals surface area contributed by atoms with E-state index in [0.29, 0.717) is 16.6 Å². The molecule has 3 aromatic rings. The first-order valence-electron chi connectivity index (χ1n) is 6.17. The number of nitrogens with zero attached hydrogens (tertiary/aromatic N) is 2. The van der Waals surface area contributed by atoms with E-state index in [1.807, 2.05) is 24.3 Å². The second kappa shape index (κ2) is 4.85. The third kappa shape index (κ3) is 2.25. The first-order chi connectivity index (χ1) is 9.97. The molecule has 0 saturated carbocycles. The Morgan fingerprint density at radius 3 is 2.67 bits per heavy atom. The normalized spacial score (nSPS) is 11.0. The average Bonchev–Trinajstić information content (AvgIpc) is 2.43. The van der Waals surface area contributed by atoms with Crippen molar-refractivity contribution in [3.63, 3.8) is 0 Å². The molecule has 0 bridgehead atoms. The molecular weight excluding hydrogens is 334 g/mol. The van der Waals surface area contributed by atoms with Crippen LogP contribution in [0.4, 0.5) is 5.95 Å². The number of nitrogen functional groups attached to an aromatic ring is 1. The second-order valence-electron chi connectivity index (χ2n) is 4.66. The third-order valence-corrected chi connectivity index (χ3v) is 3.83. The standard InChI is InChI=1S/C14H12BrN5O/c1-20-10(16)6-9(7-2-4-8(15)5-3-7)11-12(20)18-14(17)19-13(11)21/h2-6,16H,1H3,(H3,17,18,19,21). The van der Waals surface area contributed by atoms with Gasteiger partial charge in [0.1, 0.15) is 5.49 Å². The largest absolute Gasteiger partial charge is 0.369 e. The molecule has 0 amide bonds. The van der Waals surface area contributed by atoms with E-state index in [1.165, 1.54) is 4.57 Å². The highest BCUT2D eigenvalue weighted by Gasteiger charge is 2.13. The average molecular weight is 346 g/mol. The number of rotatable bonds is 1. The Labute approximate surface area is 127 Å². The van der Waals surface area contributed by atoms with E-state index in [0.717, 1.165) is 10.0 Å². The highest BCUT2D eigenvalue weighted by molar-refractivity contribution is 9.10. The Balaban J connectivity index is 2.49. The Morgan fingerprint density at radius 1 is 1.33 bits per heavy atom. The number of benzene rings is 1. The molecule has 0 saturated heterocycles. The lowest BCUT2D eigenvalue weighted by atomic mass is 10.0. The molecule has 0 fully saturated rings. The van der Waals surface area contributed by atoms with Gasteiger partial charge in [-0.05, 0) is 23.8 Å². The van der Waals surface area contributed by atoms with Crippen LogP contribution >= 0.6 is 15.9 Å². The summed E-state index contributed by atoms with van der Waals surface area (Å²) in [5.74, 6) is 0.0375. The topological polar surface area (TPSA) is 101 Å². The molecule has 106 valence electrons. The van der Waals surface area contributed by atoms with Gasteiger partial charge in [-0.2, -0.15) is 4.98 Å². The predicted octanol–water partition coefficient (Wildman–Crippen LogP) is 1.75. The zero-order valence-corrected chi connectivity index (χ0v) is 12.7. The maximum Gasteiger partial charge on any atom is 0.262 e. The minimum atomic E-state index is -0.314. The van der Waals surface area contributed by atoms with E-state index in [9.17, 15) is 4.79 Å². The van der Waals surface area contributed by atoms with E-state index >= 15 is 0 Å². The first-order valence-corrected chi connectivity index (χ1v) is 6.97. The number of H-pyrrole nitrogens is 1. The second-order valence-corrected chi connectivity index (χ2v) is 5.57. The predicted molar refractivity (Wildman–Crippen MR) is 84.7 cm³/mol. The number of pyridine rings is 1. The van der Waals surface area contributed by atoms with Gasteiger partial charge in [0.15, 0.2) is 5.65 Å². The van der Waals surface area contributed by atoms with Gasteiger partial charge in [-0.25, -0.2) is 0 Å². The van der Waals surface area contributed by atoms with Gasteiger partial charge in [0.25, 0.3) is 5.56 Å². The zero-order chi connectivity index (χ0) is 15.1. The lowest BCUT2D eigenvalue weighted by molar-refractivity contribution is 0.840. The summed E-state index contributed by atoms with van der Waals surface area (Å²) in [7, 11) is 1.68. The van der Waals surface area contributed by atoms with Crippen molar-refractivity contribution < 1.29 is 0 Å². The Bertz CT molecular complexity index is 956. The van der Waals surface area contributed by atoms with Crippen molar-refractivity contribution in [1.29, 1.82) is 5.41 Å². The summed E-state index contributed by atoms with van der Waals surface area (Å²) in [6, 6.07) is 9.19. The van der Waals surface area contributed by atoms with Gasteiger partial charge in [0, 0.05) is 17.1 Å². The van der Waals surface area contributed by atoms with Crippen LogP contribution in [0.25, 0.3) is 22.2 Å².